The average Bonchev–Trinajstić information content (AvgIpc) is 2.72. The maximum atomic E-state index is 12.5. The van der Waals surface area contributed by atoms with Gasteiger partial charge in [-0.1, -0.05) is 25.6 Å². The Morgan fingerprint density at radius 3 is 2.63 bits per heavy atom. The standard InChI is InChI=1S/C14H22N2OS2/c1-9-5-10(2)7-16(6-9)13(17)12(4)19-14-15-11(3)8-18-14/h8-10,12H,5-7H2,1-4H3. The number of thiazole rings is 1. The van der Waals surface area contributed by atoms with Crippen molar-refractivity contribution in [2.45, 2.75) is 43.7 Å². The molecule has 1 amide bonds. The molecule has 0 N–H and O–H groups in total. The van der Waals surface area contributed by atoms with Gasteiger partial charge in [-0.05, 0) is 32.1 Å². The molecule has 19 heavy (non-hydrogen) atoms. The summed E-state index contributed by atoms with van der Waals surface area (Å²) in [4.78, 5) is 18.9. The van der Waals surface area contributed by atoms with E-state index in [9.17, 15) is 4.79 Å². The molecule has 0 aromatic carbocycles. The van der Waals surface area contributed by atoms with Crippen molar-refractivity contribution in [2.75, 3.05) is 13.1 Å². The van der Waals surface area contributed by atoms with E-state index in [0.717, 1.165) is 23.1 Å². The van der Waals surface area contributed by atoms with Gasteiger partial charge in [0.25, 0.3) is 0 Å². The maximum Gasteiger partial charge on any atom is 0.235 e. The van der Waals surface area contributed by atoms with Crippen molar-refractivity contribution < 1.29 is 4.79 Å². The van der Waals surface area contributed by atoms with Crippen molar-refractivity contribution in [2.24, 2.45) is 11.8 Å². The van der Waals surface area contributed by atoms with E-state index in [1.165, 1.54) is 6.42 Å². The smallest absolute Gasteiger partial charge is 0.235 e. The third-order valence-corrected chi connectivity index (χ3v) is 5.58. The molecule has 1 fully saturated rings. The van der Waals surface area contributed by atoms with Crippen LogP contribution in [0.1, 0.15) is 32.9 Å². The number of carbonyl (C=O) groups excluding carboxylic acids is 1. The summed E-state index contributed by atoms with van der Waals surface area (Å²) in [5, 5.41) is 1.99. The molecule has 106 valence electrons. The lowest BCUT2D eigenvalue weighted by atomic mass is 9.92. The topological polar surface area (TPSA) is 33.2 Å². The highest BCUT2D eigenvalue weighted by Gasteiger charge is 2.28. The fraction of sp³-hybridized carbons (Fsp3) is 0.714. The van der Waals surface area contributed by atoms with Crippen molar-refractivity contribution in [3.63, 3.8) is 0 Å². The highest BCUT2D eigenvalue weighted by molar-refractivity contribution is 8.02. The van der Waals surface area contributed by atoms with E-state index >= 15 is 0 Å². The number of hydrogen-bond donors (Lipinski definition) is 0. The number of rotatable bonds is 3. The Kier molecular flexibility index (Phi) is 4.90. The van der Waals surface area contributed by atoms with Crippen molar-refractivity contribution in [1.82, 2.24) is 9.88 Å². The summed E-state index contributed by atoms with van der Waals surface area (Å²) in [5.74, 6) is 1.50. The van der Waals surface area contributed by atoms with E-state index in [4.69, 9.17) is 0 Å². The van der Waals surface area contributed by atoms with Gasteiger partial charge in [-0.3, -0.25) is 4.79 Å². The Balaban J connectivity index is 1.94. The number of likely N-dealkylation sites (tertiary alicyclic amines) is 1. The number of aromatic nitrogens is 1. The van der Waals surface area contributed by atoms with Gasteiger partial charge in [0.05, 0.1) is 5.25 Å². The zero-order valence-electron chi connectivity index (χ0n) is 12.0. The van der Waals surface area contributed by atoms with Gasteiger partial charge >= 0.3 is 0 Å². The molecule has 1 aliphatic heterocycles. The molecule has 0 saturated carbocycles. The van der Waals surface area contributed by atoms with Gasteiger partial charge in [0, 0.05) is 24.2 Å². The molecular weight excluding hydrogens is 276 g/mol. The van der Waals surface area contributed by atoms with E-state index in [-0.39, 0.29) is 11.2 Å². The Hall–Kier alpha value is -0.550. The van der Waals surface area contributed by atoms with E-state index in [1.807, 2.05) is 24.1 Å². The molecule has 1 saturated heterocycles. The number of piperidine rings is 1. The highest BCUT2D eigenvalue weighted by atomic mass is 32.2. The predicted octanol–water partition coefficient (Wildman–Crippen LogP) is 3.44. The first kappa shape index (κ1) is 14.9. The monoisotopic (exact) mass is 298 g/mol. The van der Waals surface area contributed by atoms with Gasteiger partial charge in [-0.25, -0.2) is 4.98 Å². The van der Waals surface area contributed by atoms with E-state index in [2.05, 4.69) is 18.8 Å². The number of aryl methyl sites for hydroxylation is 1. The lowest BCUT2D eigenvalue weighted by Gasteiger charge is -2.36. The Bertz CT molecular complexity index is 436. The zero-order valence-corrected chi connectivity index (χ0v) is 13.7. The highest BCUT2D eigenvalue weighted by Crippen LogP contribution is 2.29. The third kappa shape index (κ3) is 3.96. The second kappa shape index (κ2) is 6.27. The predicted molar refractivity (Wildman–Crippen MR) is 81.7 cm³/mol. The summed E-state index contributed by atoms with van der Waals surface area (Å²) >= 11 is 3.21. The van der Waals surface area contributed by atoms with E-state index < -0.39 is 0 Å². The Morgan fingerprint density at radius 1 is 1.47 bits per heavy atom. The van der Waals surface area contributed by atoms with E-state index in [1.54, 1.807) is 23.1 Å². The van der Waals surface area contributed by atoms with Crippen LogP contribution in [0, 0.1) is 18.8 Å². The normalized spacial score (nSPS) is 25.4. The first-order valence-corrected chi connectivity index (χ1v) is 8.59. The van der Waals surface area contributed by atoms with Gasteiger partial charge in [-0.2, -0.15) is 0 Å². The van der Waals surface area contributed by atoms with Crippen LogP contribution in [0.4, 0.5) is 0 Å². The average molecular weight is 298 g/mol. The minimum absolute atomic E-state index is 0.0388. The summed E-state index contributed by atoms with van der Waals surface area (Å²) in [6.45, 7) is 10.3. The fourth-order valence-electron chi connectivity index (χ4n) is 2.69. The quantitative estimate of drug-likeness (QED) is 0.802. The second-order valence-corrected chi connectivity index (χ2v) is 8.15. The molecular formula is C14H22N2OS2. The first-order valence-electron chi connectivity index (χ1n) is 6.83. The summed E-state index contributed by atoms with van der Waals surface area (Å²) < 4.78 is 0.997. The van der Waals surface area contributed by atoms with Crippen LogP contribution in [0.5, 0.6) is 0 Å². The fourth-order valence-corrected chi connectivity index (χ4v) is 4.76. The number of nitrogens with zero attached hydrogens (tertiary/aromatic N) is 2. The second-order valence-electron chi connectivity index (χ2n) is 5.70. The van der Waals surface area contributed by atoms with Crippen LogP contribution in [0.2, 0.25) is 0 Å². The van der Waals surface area contributed by atoms with Crippen LogP contribution in [-0.4, -0.2) is 34.1 Å². The largest absolute Gasteiger partial charge is 0.341 e. The molecule has 0 bridgehead atoms. The summed E-state index contributed by atoms with van der Waals surface area (Å²) in [6, 6.07) is 0. The zero-order chi connectivity index (χ0) is 14.0. The van der Waals surface area contributed by atoms with Gasteiger partial charge in [0.2, 0.25) is 5.91 Å². The van der Waals surface area contributed by atoms with Crippen LogP contribution in [0.15, 0.2) is 9.72 Å². The van der Waals surface area contributed by atoms with Crippen molar-refractivity contribution in [3.05, 3.63) is 11.1 Å². The van der Waals surface area contributed by atoms with E-state index in [0.29, 0.717) is 11.8 Å². The number of amides is 1. The molecule has 3 atom stereocenters. The Morgan fingerprint density at radius 2 is 2.11 bits per heavy atom. The van der Waals surface area contributed by atoms with Crippen LogP contribution in [0.3, 0.4) is 0 Å². The van der Waals surface area contributed by atoms with Crippen LogP contribution >= 0.6 is 23.1 Å². The minimum Gasteiger partial charge on any atom is -0.341 e. The SMILES string of the molecule is Cc1csc(SC(C)C(=O)N2CC(C)CC(C)C2)n1. The van der Waals surface area contributed by atoms with Gasteiger partial charge < -0.3 is 4.90 Å². The summed E-state index contributed by atoms with van der Waals surface area (Å²) in [5.41, 5.74) is 1.03. The number of carbonyl (C=O) groups is 1. The molecule has 0 spiro atoms. The van der Waals surface area contributed by atoms with Crippen LogP contribution < -0.4 is 0 Å². The minimum atomic E-state index is -0.0388. The molecule has 3 nitrogen and oxygen atoms in total. The Labute approximate surface area is 123 Å². The van der Waals surface area contributed by atoms with Crippen molar-refractivity contribution in [1.29, 1.82) is 0 Å². The van der Waals surface area contributed by atoms with Crippen LogP contribution in [-0.2, 0) is 4.79 Å². The first-order chi connectivity index (χ1) is 8.95. The van der Waals surface area contributed by atoms with Gasteiger partial charge in [-0.15, -0.1) is 11.3 Å². The summed E-state index contributed by atoms with van der Waals surface area (Å²) in [7, 11) is 0. The lowest BCUT2D eigenvalue weighted by Crippen LogP contribution is -2.45. The molecule has 0 radical (unpaired) electrons. The third-order valence-electron chi connectivity index (χ3n) is 3.40. The number of thioether (sulfide) groups is 1. The van der Waals surface area contributed by atoms with Crippen LogP contribution in [0.25, 0.3) is 0 Å². The molecule has 0 aliphatic carbocycles. The molecule has 2 heterocycles. The van der Waals surface area contributed by atoms with Gasteiger partial charge in [0.15, 0.2) is 4.34 Å². The molecule has 5 heteroatoms. The maximum absolute atomic E-state index is 12.5. The lowest BCUT2D eigenvalue weighted by molar-refractivity contribution is -0.132. The molecule has 1 aliphatic rings. The molecule has 3 unspecified atom stereocenters. The molecule has 2 rings (SSSR count). The van der Waals surface area contributed by atoms with Gasteiger partial charge in [0.1, 0.15) is 0 Å². The molecule has 1 aromatic heterocycles. The summed E-state index contributed by atoms with van der Waals surface area (Å²) in [6.07, 6.45) is 1.23. The van der Waals surface area contributed by atoms with Crippen molar-refractivity contribution in [3.8, 4) is 0 Å². The molecule has 1 aromatic rings. The number of hydrogen-bond acceptors (Lipinski definition) is 4. The van der Waals surface area contributed by atoms with Crippen molar-refractivity contribution >= 4 is 29.0 Å².